The average molecular weight is 186 g/mol. The van der Waals surface area contributed by atoms with E-state index in [0.717, 1.165) is 19.6 Å². The lowest BCUT2D eigenvalue weighted by Crippen LogP contribution is -2.33. The van der Waals surface area contributed by atoms with E-state index < -0.39 is 0 Å². The van der Waals surface area contributed by atoms with Crippen LogP contribution in [0.4, 0.5) is 0 Å². The van der Waals surface area contributed by atoms with Crippen molar-refractivity contribution in [2.24, 2.45) is 11.8 Å². The van der Waals surface area contributed by atoms with Crippen LogP contribution < -0.4 is 10.6 Å². The highest BCUT2D eigenvalue weighted by Gasteiger charge is 2.24. The Labute approximate surface area is 80.9 Å². The van der Waals surface area contributed by atoms with E-state index in [0.29, 0.717) is 17.9 Å². The molecule has 1 fully saturated rings. The fourth-order valence-electron chi connectivity index (χ4n) is 2.06. The predicted octanol–water partition coefficient (Wildman–Crippen LogP) is 0.548. The zero-order chi connectivity index (χ0) is 9.84. The summed E-state index contributed by atoms with van der Waals surface area (Å²) in [4.78, 5) is 0. The fourth-order valence-corrected chi connectivity index (χ4v) is 2.06. The lowest BCUT2D eigenvalue weighted by atomic mass is 9.85. The third-order valence-electron chi connectivity index (χ3n) is 2.94. The third kappa shape index (κ3) is 3.25. The van der Waals surface area contributed by atoms with E-state index in [9.17, 15) is 5.11 Å². The zero-order valence-electron chi connectivity index (χ0n) is 8.88. The maximum absolute atomic E-state index is 9.59. The van der Waals surface area contributed by atoms with Gasteiger partial charge in [-0.3, -0.25) is 0 Å². The topological polar surface area (TPSA) is 44.3 Å². The standard InChI is InChI=1S/C10H22N2O/c1-7(2)10(8(3)13)4-9-5-11-6-12-9/h7-13H,4-6H2,1-3H3. The van der Waals surface area contributed by atoms with Crippen molar-refractivity contribution in [1.82, 2.24) is 10.6 Å². The van der Waals surface area contributed by atoms with Crippen molar-refractivity contribution in [3.63, 3.8) is 0 Å². The number of nitrogens with one attached hydrogen (secondary N) is 2. The molecule has 1 rings (SSSR count). The third-order valence-corrected chi connectivity index (χ3v) is 2.94. The van der Waals surface area contributed by atoms with Crippen LogP contribution in [-0.2, 0) is 0 Å². The van der Waals surface area contributed by atoms with Crippen molar-refractivity contribution < 1.29 is 5.11 Å². The van der Waals surface area contributed by atoms with E-state index in [2.05, 4.69) is 24.5 Å². The second kappa shape index (κ2) is 4.94. The van der Waals surface area contributed by atoms with Crippen LogP contribution >= 0.6 is 0 Å². The minimum Gasteiger partial charge on any atom is -0.393 e. The Bertz CT molecular complexity index is 134. The van der Waals surface area contributed by atoms with E-state index in [1.165, 1.54) is 0 Å². The van der Waals surface area contributed by atoms with E-state index >= 15 is 0 Å². The molecule has 0 spiro atoms. The Morgan fingerprint density at radius 1 is 1.38 bits per heavy atom. The molecular formula is C10H22N2O. The van der Waals surface area contributed by atoms with Crippen molar-refractivity contribution >= 4 is 0 Å². The normalized spacial score (nSPS) is 27.9. The van der Waals surface area contributed by atoms with Gasteiger partial charge in [0, 0.05) is 19.3 Å². The first-order valence-corrected chi connectivity index (χ1v) is 5.23. The number of aliphatic hydroxyl groups excluding tert-OH is 1. The van der Waals surface area contributed by atoms with Crippen molar-refractivity contribution in [3.05, 3.63) is 0 Å². The van der Waals surface area contributed by atoms with Gasteiger partial charge in [0.15, 0.2) is 0 Å². The minimum absolute atomic E-state index is 0.192. The van der Waals surface area contributed by atoms with Crippen molar-refractivity contribution in [3.8, 4) is 0 Å². The SMILES string of the molecule is CC(C)C(CC1CNCN1)C(C)O. The maximum atomic E-state index is 9.59. The molecular weight excluding hydrogens is 164 g/mol. The maximum Gasteiger partial charge on any atom is 0.0543 e. The molecule has 3 heteroatoms. The molecule has 3 nitrogen and oxygen atoms in total. The highest BCUT2D eigenvalue weighted by molar-refractivity contribution is 4.81. The van der Waals surface area contributed by atoms with E-state index in [4.69, 9.17) is 0 Å². The van der Waals surface area contributed by atoms with Gasteiger partial charge in [0.2, 0.25) is 0 Å². The molecule has 0 aromatic carbocycles. The molecule has 0 amide bonds. The zero-order valence-corrected chi connectivity index (χ0v) is 8.88. The lowest BCUT2D eigenvalue weighted by molar-refractivity contribution is 0.0865. The Balaban J connectivity index is 2.37. The van der Waals surface area contributed by atoms with Crippen LogP contribution in [0.3, 0.4) is 0 Å². The van der Waals surface area contributed by atoms with Gasteiger partial charge in [-0.2, -0.15) is 0 Å². The lowest BCUT2D eigenvalue weighted by Gasteiger charge is -2.26. The fraction of sp³-hybridized carbons (Fsp3) is 1.00. The summed E-state index contributed by atoms with van der Waals surface area (Å²) in [7, 11) is 0. The summed E-state index contributed by atoms with van der Waals surface area (Å²) in [6.07, 6.45) is 0.880. The van der Waals surface area contributed by atoms with Gasteiger partial charge < -0.3 is 15.7 Å². The molecule has 3 N–H and O–H groups in total. The van der Waals surface area contributed by atoms with Crippen LogP contribution in [0.15, 0.2) is 0 Å². The summed E-state index contributed by atoms with van der Waals surface area (Å²) in [6, 6.07) is 0.544. The van der Waals surface area contributed by atoms with Crippen molar-refractivity contribution in [2.45, 2.75) is 39.3 Å². The second-order valence-electron chi connectivity index (χ2n) is 4.42. The molecule has 1 aliphatic rings. The molecule has 0 radical (unpaired) electrons. The summed E-state index contributed by atoms with van der Waals surface area (Å²) in [6.45, 7) is 8.21. The highest BCUT2D eigenvalue weighted by atomic mass is 16.3. The molecule has 0 aromatic rings. The molecule has 1 saturated heterocycles. The van der Waals surface area contributed by atoms with Gasteiger partial charge in [-0.25, -0.2) is 0 Å². The van der Waals surface area contributed by atoms with Crippen LogP contribution in [-0.4, -0.2) is 30.5 Å². The Kier molecular flexibility index (Phi) is 4.16. The summed E-state index contributed by atoms with van der Waals surface area (Å²) in [5.41, 5.74) is 0. The number of hydrogen-bond donors (Lipinski definition) is 3. The Morgan fingerprint density at radius 3 is 2.46 bits per heavy atom. The van der Waals surface area contributed by atoms with Gasteiger partial charge in [0.05, 0.1) is 6.10 Å². The monoisotopic (exact) mass is 186 g/mol. The van der Waals surface area contributed by atoms with Crippen LogP contribution in [0.5, 0.6) is 0 Å². The number of aliphatic hydroxyl groups is 1. The minimum atomic E-state index is -0.192. The highest BCUT2D eigenvalue weighted by Crippen LogP contribution is 2.21. The number of rotatable bonds is 4. The van der Waals surface area contributed by atoms with E-state index in [1.807, 2.05) is 6.92 Å². The summed E-state index contributed by atoms with van der Waals surface area (Å²) < 4.78 is 0. The molecule has 3 atom stereocenters. The molecule has 0 bridgehead atoms. The summed E-state index contributed by atoms with van der Waals surface area (Å²) in [5, 5.41) is 16.2. The van der Waals surface area contributed by atoms with Crippen molar-refractivity contribution in [1.29, 1.82) is 0 Å². The second-order valence-corrected chi connectivity index (χ2v) is 4.42. The summed E-state index contributed by atoms with van der Waals surface area (Å²) >= 11 is 0. The molecule has 78 valence electrons. The van der Waals surface area contributed by atoms with Gasteiger partial charge in [-0.15, -0.1) is 0 Å². The van der Waals surface area contributed by atoms with Gasteiger partial charge >= 0.3 is 0 Å². The van der Waals surface area contributed by atoms with E-state index in [-0.39, 0.29) is 6.10 Å². The van der Waals surface area contributed by atoms with Gasteiger partial charge in [0.25, 0.3) is 0 Å². The Hall–Kier alpha value is -0.120. The first kappa shape index (κ1) is 11.0. The first-order chi connectivity index (χ1) is 6.11. The van der Waals surface area contributed by atoms with Crippen LogP contribution in [0.2, 0.25) is 0 Å². The molecule has 13 heavy (non-hydrogen) atoms. The Morgan fingerprint density at radius 2 is 2.08 bits per heavy atom. The quantitative estimate of drug-likeness (QED) is 0.601. The number of hydrogen-bond acceptors (Lipinski definition) is 3. The van der Waals surface area contributed by atoms with Crippen LogP contribution in [0.25, 0.3) is 0 Å². The molecule has 1 aliphatic heterocycles. The average Bonchev–Trinajstić information content (AvgIpc) is 2.50. The molecule has 0 aliphatic carbocycles. The van der Waals surface area contributed by atoms with E-state index in [1.54, 1.807) is 0 Å². The van der Waals surface area contributed by atoms with Gasteiger partial charge in [0.1, 0.15) is 0 Å². The molecule has 0 aromatic heterocycles. The van der Waals surface area contributed by atoms with Crippen LogP contribution in [0, 0.1) is 11.8 Å². The molecule has 3 unspecified atom stereocenters. The molecule has 0 saturated carbocycles. The smallest absolute Gasteiger partial charge is 0.0543 e. The van der Waals surface area contributed by atoms with Gasteiger partial charge in [-0.05, 0) is 25.2 Å². The molecule has 1 heterocycles. The predicted molar refractivity (Wildman–Crippen MR) is 54.4 cm³/mol. The van der Waals surface area contributed by atoms with Crippen LogP contribution in [0.1, 0.15) is 27.2 Å². The van der Waals surface area contributed by atoms with Gasteiger partial charge in [-0.1, -0.05) is 13.8 Å². The largest absolute Gasteiger partial charge is 0.393 e. The first-order valence-electron chi connectivity index (χ1n) is 5.23. The van der Waals surface area contributed by atoms with Crippen molar-refractivity contribution in [2.75, 3.05) is 13.2 Å². The summed E-state index contributed by atoms with van der Waals surface area (Å²) in [5.74, 6) is 0.972.